The summed E-state index contributed by atoms with van der Waals surface area (Å²) in [7, 11) is -3.16. The molecule has 0 aliphatic heterocycles. The summed E-state index contributed by atoms with van der Waals surface area (Å²) in [6.45, 7) is 0. The number of allylic oxidation sites excluding steroid dienone is 1. The summed E-state index contributed by atoms with van der Waals surface area (Å²) in [4.78, 5) is 1.57. The van der Waals surface area contributed by atoms with Crippen LogP contribution in [0.5, 0.6) is 0 Å². The van der Waals surface area contributed by atoms with E-state index < -0.39 is 9.84 Å². The predicted molar refractivity (Wildman–Crippen MR) is 106 cm³/mol. The quantitative estimate of drug-likeness (QED) is 0.367. The molecule has 0 atom stereocenters. The fraction of sp³-hybridized carbons (Fsp3) is 0.263. The zero-order valence-corrected chi connectivity index (χ0v) is 16.2. The molecule has 0 aliphatic rings. The van der Waals surface area contributed by atoms with Gasteiger partial charge in [0.15, 0.2) is 9.84 Å². The second kappa shape index (κ2) is 8.75. The third-order valence-electron chi connectivity index (χ3n) is 3.69. The van der Waals surface area contributed by atoms with Crippen molar-refractivity contribution in [3.05, 3.63) is 59.7 Å². The number of rotatable bonds is 7. The van der Waals surface area contributed by atoms with Crippen LogP contribution in [0.2, 0.25) is 0 Å². The van der Waals surface area contributed by atoms with Crippen LogP contribution in [0.25, 0.3) is 11.6 Å². The van der Waals surface area contributed by atoms with Gasteiger partial charge in [-0.25, -0.2) is 8.42 Å². The number of benzene rings is 2. The highest BCUT2D eigenvalue weighted by atomic mass is 35.5. The number of sulfone groups is 1. The van der Waals surface area contributed by atoms with Gasteiger partial charge >= 0.3 is 0 Å². The summed E-state index contributed by atoms with van der Waals surface area (Å²) in [5, 5.41) is 0. The van der Waals surface area contributed by atoms with E-state index in [1.165, 1.54) is 22.3 Å². The Bertz CT molecular complexity index is 792. The first-order valence-corrected chi connectivity index (χ1v) is 11.3. The largest absolute Gasteiger partial charge is 0.224 e. The van der Waals surface area contributed by atoms with Crippen LogP contribution in [0.15, 0.2) is 58.3 Å². The SMILES string of the molecule is CSc1ccc(/C(=C/c2ccc(S(C)(=O)=O)cc2)CCCCl)cc1. The topological polar surface area (TPSA) is 34.1 Å². The second-order valence-corrected chi connectivity index (χ2v) is 8.81. The Kier molecular flexibility index (Phi) is 6.96. The molecule has 0 radical (unpaired) electrons. The van der Waals surface area contributed by atoms with E-state index >= 15 is 0 Å². The fourth-order valence-corrected chi connectivity index (χ4v) is 3.55. The van der Waals surface area contributed by atoms with Gasteiger partial charge in [-0.3, -0.25) is 0 Å². The van der Waals surface area contributed by atoms with E-state index in [4.69, 9.17) is 11.6 Å². The molecule has 2 nitrogen and oxygen atoms in total. The van der Waals surface area contributed by atoms with Crippen molar-refractivity contribution in [2.75, 3.05) is 18.4 Å². The van der Waals surface area contributed by atoms with Crippen LogP contribution in [0, 0.1) is 0 Å². The molecule has 0 N–H and O–H groups in total. The Morgan fingerprint density at radius 2 is 1.71 bits per heavy atom. The van der Waals surface area contributed by atoms with E-state index in [0.29, 0.717) is 10.8 Å². The lowest BCUT2D eigenvalue weighted by Gasteiger charge is -2.09. The average Bonchev–Trinajstić information content (AvgIpc) is 2.58. The molecule has 128 valence electrons. The first-order chi connectivity index (χ1) is 11.4. The zero-order chi connectivity index (χ0) is 17.6. The summed E-state index contributed by atoms with van der Waals surface area (Å²) in [5.74, 6) is 0.618. The minimum Gasteiger partial charge on any atom is -0.224 e. The van der Waals surface area contributed by atoms with Gasteiger partial charge in [0.2, 0.25) is 0 Å². The molecule has 0 unspecified atom stereocenters. The van der Waals surface area contributed by atoms with Crippen LogP contribution in [0.1, 0.15) is 24.0 Å². The van der Waals surface area contributed by atoms with Gasteiger partial charge in [0.1, 0.15) is 0 Å². The van der Waals surface area contributed by atoms with Crippen LogP contribution in [0.3, 0.4) is 0 Å². The van der Waals surface area contributed by atoms with Crippen molar-refractivity contribution in [3.63, 3.8) is 0 Å². The Hall–Kier alpha value is -1.23. The van der Waals surface area contributed by atoms with E-state index in [-0.39, 0.29) is 0 Å². The molecule has 2 rings (SSSR count). The minimum absolute atomic E-state index is 0.339. The average molecular weight is 381 g/mol. The lowest BCUT2D eigenvalue weighted by Crippen LogP contribution is -1.96. The molecule has 0 bridgehead atoms. The second-order valence-electron chi connectivity index (χ2n) is 5.53. The summed E-state index contributed by atoms with van der Waals surface area (Å²) >= 11 is 7.57. The highest BCUT2D eigenvalue weighted by Crippen LogP contribution is 2.26. The van der Waals surface area contributed by atoms with Crippen LogP contribution in [-0.4, -0.2) is 26.8 Å². The van der Waals surface area contributed by atoms with Crippen molar-refractivity contribution < 1.29 is 8.42 Å². The van der Waals surface area contributed by atoms with Crippen LogP contribution in [0.4, 0.5) is 0 Å². The maximum absolute atomic E-state index is 11.6. The molecule has 0 aromatic heterocycles. The molecule has 0 saturated carbocycles. The lowest BCUT2D eigenvalue weighted by molar-refractivity contribution is 0.602. The van der Waals surface area contributed by atoms with Gasteiger partial charge in [-0.2, -0.15) is 0 Å². The molecule has 0 amide bonds. The first-order valence-electron chi connectivity index (χ1n) is 7.65. The number of hydrogen-bond acceptors (Lipinski definition) is 3. The van der Waals surface area contributed by atoms with Crippen molar-refractivity contribution in [1.82, 2.24) is 0 Å². The van der Waals surface area contributed by atoms with Crippen molar-refractivity contribution in [1.29, 1.82) is 0 Å². The molecule has 0 spiro atoms. The highest BCUT2D eigenvalue weighted by molar-refractivity contribution is 7.98. The molecule has 5 heteroatoms. The summed E-state index contributed by atoms with van der Waals surface area (Å²) in [5.41, 5.74) is 3.36. The van der Waals surface area contributed by atoms with Crippen LogP contribution < -0.4 is 0 Å². The molecule has 2 aromatic rings. The first kappa shape index (κ1) is 19.1. The maximum atomic E-state index is 11.6. The molecule has 2 aromatic carbocycles. The van der Waals surface area contributed by atoms with Gasteiger partial charge in [0.25, 0.3) is 0 Å². The lowest BCUT2D eigenvalue weighted by atomic mass is 9.99. The minimum atomic E-state index is -3.16. The summed E-state index contributed by atoms with van der Waals surface area (Å²) < 4.78 is 23.1. The fourth-order valence-electron chi connectivity index (χ4n) is 2.37. The normalized spacial score (nSPS) is 12.4. The van der Waals surface area contributed by atoms with Crippen LogP contribution >= 0.6 is 23.4 Å². The van der Waals surface area contributed by atoms with Crippen molar-refractivity contribution in [2.45, 2.75) is 22.6 Å². The molecule has 24 heavy (non-hydrogen) atoms. The van der Waals surface area contributed by atoms with E-state index in [1.807, 2.05) is 12.1 Å². The van der Waals surface area contributed by atoms with E-state index in [9.17, 15) is 8.42 Å². The van der Waals surface area contributed by atoms with Crippen molar-refractivity contribution in [2.24, 2.45) is 0 Å². The molecular weight excluding hydrogens is 360 g/mol. The molecule has 0 heterocycles. The summed E-state index contributed by atoms with van der Waals surface area (Å²) in [6.07, 6.45) is 7.17. The van der Waals surface area contributed by atoms with E-state index in [2.05, 4.69) is 36.6 Å². The smallest absolute Gasteiger partial charge is 0.175 e. The van der Waals surface area contributed by atoms with Crippen LogP contribution in [-0.2, 0) is 9.84 Å². The predicted octanol–water partition coefficient (Wildman–Crippen LogP) is 5.37. The Morgan fingerprint density at radius 1 is 1.08 bits per heavy atom. The van der Waals surface area contributed by atoms with Gasteiger partial charge in [-0.1, -0.05) is 30.3 Å². The molecule has 0 aliphatic carbocycles. The Morgan fingerprint density at radius 3 is 2.21 bits per heavy atom. The van der Waals surface area contributed by atoms with Crippen molar-refractivity contribution >= 4 is 44.8 Å². The van der Waals surface area contributed by atoms with Gasteiger partial charge in [0.05, 0.1) is 4.90 Å². The van der Waals surface area contributed by atoms with Gasteiger partial charge in [-0.05, 0) is 60.1 Å². The molecule has 0 saturated heterocycles. The number of halogens is 1. The molecule has 0 fully saturated rings. The Balaban J connectivity index is 2.33. The zero-order valence-electron chi connectivity index (χ0n) is 13.8. The van der Waals surface area contributed by atoms with Gasteiger partial charge < -0.3 is 0 Å². The third-order valence-corrected chi connectivity index (χ3v) is 5.83. The number of hydrogen-bond donors (Lipinski definition) is 0. The highest BCUT2D eigenvalue weighted by Gasteiger charge is 2.07. The maximum Gasteiger partial charge on any atom is 0.175 e. The standard InChI is InChI=1S/C19H21ClO2S2/c1-23-18-9-7-16(8-10-18)17(4-3-13-20)14-15-5-11-19(12-6-15)24(2,21)22/h5-12,14H,3-4,13H2,1-2H3/b17-14+. The van der Waals surface area contributed by atoms with E-state index in [1.54, 1.807) is 23.9 Å². The van der Waals surface area contributed by atoms with Gasteiger partial charge in [0, 0.05) is 17.0 Å². The number of alkyl halides is 1. The summed E-state index contributed by atoms with van der Waals surface area (Å²) in [6, 6.07) is 15.4. The third kappa shape index (κ3) is 5.40. The number of thioether (sulfide) groups is 1. The molecular formula is C19H21ClO2S2. The van der Waals surface area contributed by atoms with Gasteiger partial charge in [-0.15, -0.1) is 23.4 Å². The monoisotopic (exact) mass is 380 g/mol. The van der Waals surface area contributed by atoms with Crippen molar-refractivity contribution in [3.8, 4) is 0 Å². The Labute approximate surface area is 153 Å². The van der Waals surface area contributed by atoms with E-state index in [0.717, 1.165) is 18.4 Å².